The van der Waals surface area contributed by atoms with Crippen LogP contribution in [0.25, 0.3) is 0 Å². The van der Waals surface area contributed by atoms with E-state index in [1.165, 1.54) is 0 Å². The SMILES string of the molecule is Cn1cnc(Cl)c1C1(CN)CC1(C)C. The second-order valence-electron chi connectivity index (χ2n) is 4.84. The molecule has 1 aliphatic rings. The molecule has 0 bridgehead atoms. The van der Waals surface area contributed by atoms with Gasteiger partial charge in [-0.1, -0.05) is 25.4 Å². The third-order valence-corrected chi connectivity index (χ3v) is 3.88. The maximum atomic E-state index is 6.09. The van der Waals surface area contributed by atoms with Crippen molar-refractivity contribution in [3.05, 3.63) is 17.2 Å². The Balaban J connectivity index is 2.50. The zero-order chi connectivity index (χ0) is 10.6. The molecule has 0 aliphatic heterocycles. The van der Waals surface area contributed by atoms with Crippen LogP contribution in [0.3, 0.4) is 0 Å². The van der Waals surface area contributed by atoms with E-state index in [9.17, 15) is 0 Å². The molecule has 78 valence electrons. The van der Waals surface area contributed by atoms with Crippen molar-refractivity contribution in [3.8, 4) is 0 Å². The number of nitrogens with zero attached hydrogens (tertiary/aromatic N) is 2. The number of hydrogen-bond acceptors (Lipinski definition) is 2. The Bertz CT molecular complexity index is 350. The maximum absolute atomic E-state index is 6.09. The molecule has 1 aromatic heterocycles. The van der Waals surface area contributed by atoms with E-state index in [-0.39, 0.29) is 10.8 Å². The van der Waals surface area contributed by atoms with Crippen molar-refractivity contribution in [2.75, 3.05) is 6.54 Å². The Morgan fingerprint density at radius 3 is 2.50 bits per heavy atom. The Kier molecular flexibility index (Phi) is 1.95. The molecular formula is C10H16ClN3. The number of aryl methyl sites for hydroxylation is 1. The van der Waals surface area contributed by atoms with Gasteiger partial charge in [0, 0.05) is 19.0 Å². The minimum absolute atomic E-state index is 0.0370. The van der Waals surface area contributed by atoms with Crippen molar-refractivity contribution in [2.45, 2.75) is 25.7 Å². The summed E-state index contributed by atoms with van der Waals surface area (Å²) < 4.78 is 1.99. The lowest BCUT2D eigenvalue weighted by molar-refractivity contribution is 0.481. The number of imidazole rings is 1. The first-order valence-corrected chi connectivity index (χ1v) is 5.20. The van der Waals surface area contributed by atoms with Crippen LogP contribution in [-0.4, -0.2) is 16.1 Å². The van der Waals surface area contributed by atoms with Crippen molar-refractivity contribution in [2.24, 2.45) is 18.2 Å². The lowest BCUT2D eigenvalue weighted by atomic mass is 9.92. The van der Waals surface area contributed by atoms with Gasteiger partial charge in [-0.05, 0) is 11.8 Å². The summed E-state index contributed by atoms with van der Waals surface area (Å²) in [5.41, 5.74) is 7.25. The highest BCUT2D eigenvalue weighted by atomic mass is 35.5. The van der Waals surface area contributed by atoms with Crippen LogP contribution >= 0.6 is 11.6 Å². The molecule has 0 aromatic carbocycles. The summed E-state index contributed by atoms with van der Waals surface area (Å²) in [5.74, 6) is 0. The van der Waals surface area contributed by atoms with Gasteiger partial charge in [0.25, 0.3) is 0 Å². The summed E-state index contributed by atoms with van der Waals surface area (Å²) in [6.07, 6.45) is 2.85. The minimum Gasteiger partial charge on any atom is -0.336 e. The third kappa shape index (κ3) is 1.06. The molecule has 1 fully saturated rings. The monoisotopic (exact) mass is 213 g/mol. The second-order valence-corrected chi connectivity index (χ2v) is 5.20. The molecule has 3 nitrogen and oxygen atoms in total. The molecule has 1 aliphatic carbocycles. The van der Waals surface area contributed by atoms with Crippen LogP contribution in [0.2, 0.25) is 5.15 Å². The van der Waals surface area contributed by atoms with Gasteiger partial charge in [-0.25, -0.2) is 4.98 Å². The molecule has 1 heterocycles. The van der Waals surface area contributed by atoms with Gasteiger partial charge in [0.2, 0.25) is 0 Å². The Hall–Kier alpha value is -0.540. The van der Waals surface area contributed by atoms with E-state index >= 15 is 0 Å². The van der Waals surface area contributed by atoms with Gasteiger partial charge in [-0.3, -0.25) is 0 Å². The number of nitrogens with two attached hydrogens (primary N) is 1. The normalized spacial score (nSPS) is 29.2. The van der Waals surface area contributed by atoms with Gasteiger partial charge < -0.3 is 10.3 Å². The van der Waals surface area contributed by atoms with E-state index in [4.69, 9.17) is 17.3 Å². The fourth-order valence-corrected chi connectivity index (χ4v) is 2.85. The highest BCUT2D eigenvalue weighted by Crippen LogP contribution is 2.64. The number of aromatic nitrogens is 2. The standard InChI is InChI=1S/C10H16ClN3/c1-9(2)4-10(9,5-12)7-8(11)13-6-14(7)3/h6H,4-5,12H2,1-3H3. The van der Waals surface area contributed by atoms with E-state index in [1.807, 2.05) is 11.6 Å². The van der Waals surface area contributed by atoms with Crippen molar-refractivity contribution >= 4 is 11.6 Å². The maximum Gasteiger partial charge on any atom is 0.150 e. The smallest absolute Gasteiger partial charge is 0.150 e. The highest BCUT2D eigenvalue weighted by molar-refractivity contribution is 6.30. The number of hydrogen-bond donors (Lipinski definition) is 1. The molecule has 0 amide bonds. The second kappa shape index (κ2) is 2.74. The van der Waals surface area contributed by atoms with Crippen LogP contribution in [-0.2, 0) is 12.5 Å². The molecular weight excluding hydrogens is 198 g/mol. The molecule has 14 heavy (non-hydrogen) atoms. The largest absolute Gasteiger partial charge is 0.336 e. The summed E-state index contributed by atoms with van der Waals surface area (Å²) in [5, 5.41) is 0.600. The van der Waals surface area contributed by atoms with E-state index in [2.05, 4.69) is 18.8 Å². The molecule has 1 saturated carbocycles. The van der Waals surface area contributed by atoms with Crippen LogP contribution in [0, 0.1) is 5.41 Å². The molecule has 4 heteroatoms. The fourth-order valence-electron chi connectivity index (χ4n) is 2.50. The molecule has 2 N–H and O–H groups in total. The first-order valence-electron chi connectivity index (χ1n) is 4.82. The van der Waals surface area contributed by atoms with E-state index < -0.39 is 0 Å². The van der Waals surface area contributed by atoms with Crippen LogP contribution < -0.4 is 5.73 Å². The van der Waals surface area contributed by atoms with Crippen LogP contribution in [0.15, 0.2) is 6.33 Å². The summed E-state index contributed by atoms with van der Waals surface area (Å²) >= 11 is 6.09. The lowest BCUT2D eigenvalue weighted by Crippen LogP contribution is -2.27. The molecule has 1 aromatic rings. The molecule has 2 rings (SSSR count). The topological polar surface area (TPSA) is 43.8 Å². The first kappa shape index (κ1) is 9.99. The van der Waals surface area contributed by atoms with Gasteiger partial charge >= 0.3 is 0 Å². The Morgan fingerprint density at radius 2 is 2.21 bits per heavy atom. The summed E-state index contributed by atoms with van der Waals surface area (Å²) in [6, 6.07) is 0. The van der Waals surface area contributed by atoms with E-state index in [0.717, 1.165) is 12.1 Å². The van der Waals surface area contributed by atoms with Gasteiger partial charge in [0.05, 0.1) is 12.0 Å². The lowest BCUT2D eigenvalue weighted by Gasteiger charge is -2.19. The first-order chi connectivity index (χ1) is 6.44. The minimum atomic E-state index is 0.0370. The van der Waals surface area contributed by atoms with Gasteiger partial charge in [0.1, 0.15) is 0 Å². The summed E-state index contributed by atoms with van der Waals surface area (Å²) in [4.78, 5) is 4.11. The van der Waals surface area contributed by atoms with Crippen molar-refractivity contribution in [3.63, 3.8) is 0 Å². The highest BCUT2D eigenvalue weighted by Gasteiger charge is 2.63. The molecule has 0 saturated heterocycles. The van der Waals surface area contributed by atoms with Crippen LogP contribution in [0.5, 0.6) is 0 Å². The van der Waals surface area contributed by atoms with E-state index in [1.54, 1.807) is 6.33 Å². The molecule has 0 radical (unpaired) electrons. The predicted molar refractivity (Wildman–Crippen MR) is 57.3 cm³/mol. The quantitative estimate of drug-likeness (QED) is 0.813. The average molecular weight is 214 g/mol. The van der Waals surface area contributed by atoms with Crippen LogP contribution in [0.4, 0.5) is 0 Å². The number of halogens is 1. The average Bonchev–Trinajstić information content (AvgIpc) is 2.49. The van der Waals surface area contributed by atoms with Crippen LogP contribution in [0.1, 0.15) is 26.0 Å². The van der Waals surface area contributed by atoms with Crippen molar-refractivity contribution in [1.82, 2.24) is 9.55 Å². The summed E-state index contributed by atoms with van der Waals surface area (Å²) in [7, 11) is 1.97. The Labute approximate surface area is 89.3 Å². The third-order valence-electron chi connectivity index (χ3n) is 3.61. The molecule has 1 atom stereocenters. The number of rotatable bonds is 2. The summed E-state index contributed by atoms with van der Waals surface area (Å²) in [6.45, 7) is 5.09. The molecule has 1 unspecified atom stereocenters. The molecule has 0 spiro atoms. The fraction of sp³-hybridized carbons (Fsp3) is 0.700. The zero-order valence-corrected chi connectivity index (χ0v) is 9.60. The Morgan fingerprint density at radius 1 is 1.64 bits per heavy atom. The van der Waals surface area contributed by atoms with Gasteiger partial charge in [-0.15, -0.1) is 0 Å². The van der Waals surface area contributed by atoms with Crippen molar-refractivity contribution in [1.29, 1.82) is 0 Å². The predicted octanol–water partition coefficient (Wildman–Crippen LogP) is 1.70. The van der Waals surface area contributed by atoms with Crippen molar-refractivity contribution < 1.29 is 0 Å². The van der Waals surface area contributed by atoms with E-state index in [0.29, 0.717) is 11.7 Å². The van der Waals surface area contributed by atoms with Gasteiger partial charge in [-0.2, -0.15) is 0 Å². The van der Waals surface area contributed by atoms with Gasteiger partial charge in [0.15, 0.2) is 5.15 Å². The zero-order valence-electron chi connectivity index (χ0n) is 8.84.